The monoisotopic (exact) mass is 267 g/mol. The molecule has 0 aromatic carbocycles. The summed E-state index contributed by atoms with van der Waals surface area (Å²) >= 11 is 0. The average molecular weight is 267 g/mol. The van der Waals surface area contributed by atoms with Crippen molar-refractivity contribution in [2.75, 3.05) is 0 Å². The Morgan fingerprint density at radius 3 is 2.37 bits per heavy atom. The summed E-state index contributed by atoms with van der Waals surface area (Å²) in [4.78, 5) is 16.0. The molecule has 1 rings (SSSR count). The van der Waals surface area contributed by atoms with Crippen molar-refractivity contribution in [2.24, 2.45) is 18.4 Å². The van der Waals surface area contributed by atoms with E-state index in [4.69, 9.17) is 0 Å². The van der Waals surface area contributed by atoms with Crippen LogP contribution in [-0.4, -0.2) is 25.8 Å². The molecule has 0 spiro atoms. The summed E-state index contributed by atoms with van der Waals surface area (Å²) in [6.45, 7) is 8.08. The number of aromatic nitrogens is 3. The van der Waals surface area contributed by atoms with E-state index in [0.29, 0.717) is 25.2 Å². The molecule has 0 atom stereocenters. The van der Waals surface area contributed by atoms with E-state index in [1.807, 2.05) is 20.9 Å². The van der Waals surface area contributed by atoms with Crippen LogP contribution in [0, 0.1) is 11.3 Å². The third-order valence-electron chi connectivity index (χ3n) is 3.79. The van der Waals surface area contributed by atoms with E-state index in [0.717, 1.165) is 18.1 Å². The lowest BCUT2D eigenvalue weighted by Crippen LogP contribution is -2.33. The number of carbonyl (C=O) groups is 1. The molecule has 0 saturated carbocycles. The molecule has 5 heteroatoms. The van der Waals surface area contributed by atoms with Crippen molar-refractivity contribution in [1.82, 2.24) is 14.8 Å². The van der Waals surface area contributed by atoms with Gasteiger partial charge in [-0.15, -0.1) is 0 Å². The normalized spacial score (nSPS) is 12.1. The summed E-state index contributed by atoms with van der Waals surface area (Å²) in [6.07, 6.45) is 2.47. The lowest BCUT2D eigenvalue weighted by molar-refractivity contribution is -0.149. The van der Waals surface area contributed by atoms with Crippen LogP contribution in [0.25, 0.3) is 0 Å². The fraction of sp³-hybridized carbons (Fsp3) is 0.786. The molecule has 0 radical (unpaired) electrons. The smallest absolute Gasteiger partial charge is 0.310 e. The molecule has 19 heavy (non-hydrogen) atoms. The number of rotatable bonds is 7. The van der Waals surface area contributed by atoms with Crippen LogP contribution >= 0.6 is 0 Å². The molecule has 0 aliphatic rings. The van der Waals surface area contributed by atoms with Crippen molar-refractivity contribution < 1.29 is 9.90 Å². The van der Waals surface area contributed by atoms with Gasteiger partial charge in [0.25, 0.3) is 0 Å². The number of carboxylic acids is 1. The van der Waals surface area contributed by atoms with Crippen LogP contribution in [0.5, 0.6) is 0 Å². The molecule has 1 aromatic heterocycles. The van der Waals surface area contributed by atoms with Gasteiger partial charge >= 0.3 is 5.97 Å². The fourth-order valence-corrected chi connectivity index (χ4v) is 2.26. The first kappa shape index (κ1) is 15.7. The van der Waals surface area contributed by atoms with Crippen molar-refractivity contribution in [1.29, 1.82) is 0 Å². The van der Waals surface area contributed by atoms with Gasteiger partial charge in [0.05, 0.1) is 5.41 Å². The van der Waals surface area contributed by atoms with E-state index in [-0.39, 0.29) is 0 Å². The van der Waals surface area contributed by atoms with Crippen molar-refractivity contribution in [3.05, 3.63) is 11.6 Å². The third-order valence-corrected chi connectivity index (χ3v) is 3.79. The van der Waals surface area contributed by atoms with Gasteiger partial charge in [-0.3, -0.25) is 9.48 Å². The minimum absolute atomic E-state index is 0.441. The van der Waals surface area contributed by atoms with E-state index in [2.05, 4.69) is 23.9 Å². The number of nitrogens with zero attached hydrogens (tertiary/aromatic N) is 3. The van der Waals surface area contributed by atoms with Crippen LogP contribution in [0.1, 0.15) is 52.2 Å². The van der Waals surface area contributed by atoms with Gasteiger partial charge in [0, 0.05) is 19.9 Å². The fourth-order valence-electron chi connectivity index (χ4n) is 2.26. The highest BCUT2D eigenvalue weighted by Gasteiger charge is 2.36. The Labute approximate surface area is 115 Å². The Kier molecular flexibility index (Phi) is 5.09. The molecule has 0 unspecified atom stereocenters. The first-order valence-corrected chi connectivity index (χ1v) is 6.96. The molecule has 0 saturated heterocycles. The van der Waals surface area contributed by atoms with E-state index in [9.17, 15) is 9.90 Å². The predicted molar refractivity (Wildman–Crippen MR) is 73.9 cm³/mol. The van der Waals surface area contributed by atoms with Gasteiger partial charge in [0.1, 0.15) is 5.82 Å². The molecule has 1 heterocycles. The molecule has 1 aromatic rings. The standard InChI is InChI=1S/C14H25N3O2/c1-6-14(7-2,13(18)19)9-12-15-11(8-10(3)4)16-17(12)5/h10H,6-9H2,1-5H3,(H,18,19). The molecule has 0 fully saturated rings. The first-order chi connectivity index (χ1) is 8.84. The number of aryl methyl sites for hydroxylation is 1. The van der Waals surface area contributed by atoms with Crippen LogP contribution in [-0.2, 0) is 24.7 Å². The van der Waals surface area contributed by atoms with Crippen LogP contribution in [0.2, 0.25) is 0 Å². The largest absolute Gasteiger partial charge is 0.481 e. The average Bonchev–Trinajstić information content (AvgIpc) is 2.65. The van der Waals surface area contributed by atoms with Gasteiger partial charge in [0.2, 0.25) is 0 Å². The van der Waals surface area contributed by atoms with Crippen molar-refractivity contribution in [3.8, 4) is 0 Å². The summed E-state index contributed by atoms with van der Waals surface area (Å²) < 4.78 is 1.72. The highest BCUT2D eigenvalue weighted by molar-refractivity contribution is 5.74. The second kappa shape index (κ2) is 6.17. The number of hydrogen-bond donors (Lipinski definition) is 1. The Hall–Kier alpha value is -1.39. The Morgan fingerprint density at radius 2 is 1.95 bits per heavy atom. The molecule has 0 aliphatic carbocycles. The predicted octanol–water partition coefficient (Wildman–Crippen LogP) is 2.45. The molecular weight excluding hydrogens is 242 g/mol. The highest BCUT2D eigenvalue weighted by atomic mass is 16.4. The number of aliphatic carboxylic acids is 1. The molecule has 0 amide bonds. The van der Waals surface area contributed by atoms with Gasteiger partial charge in [-0.25, -0.2) is 4.98 Å². The quantitative estimate of drug-likeness (QED) is 0.824. The van der Waals surface area contributed by atoms with Gasteiger partial charge in [-0.2, -0.15) is 5.10 Å². The third kappa shape index (κ3) is 3.55. The molecule has 0 bridgehead atoms. The lowest BCUT2D eigenvalue weighted by atomic mass is 9.79. The summed E-state index contributed by atoms with van der Waals surface area (Å²) in [5.74, 6) is 1.32. The minimum atomic E-state index is -0.745. The summed E-state index contributed by atoms with van der Waals surface area (Å²) in [7, 11) is 1.84. The zero-order valence-corrected chi connectivity index (χ0v) is 12.6. The minimum Gasteiger partial charge on any atom is -0.481 e. The Balaban J connectivity index is 2.97. The molecule has 0 aliphatic heterocycles. The van der Waals surface area contributed by atoms with E-state index in [1.54, 1.807) is 4.68 Å². The second-order valence-electron chi connectivity index (χ2n) is 5.64. The zero-order valence-electron chi connectivity index (χ0n) is 12.6. The zero-order chi connectivity index (χ0) is 14.6. The van der Waals surface area contributed by atoms with Crippen LogP contribution in [0.4, 0.5) is 0 Å². The second-order valence-corrected chi connectivity index (χ2v) is 5.64. The maximum absolute atomic E-state index is 11.5. The topological polar surface area (TPSA) is 68.0 Å². The number of hydrogen-bond acceptors (Lipinski definition) is 3. The van der Waals surface area contributed by atoms with Crippen molar-refractivity contribution in [3.63, 3.8) is 0 Å². The Morgan fingerprint density at radius 1 is 1.37 bits per heavy atom. The summed E-state index contributed by atoms with van der Waals surface area (Å²) in [5.41, 5.74) is -0.726. The van der Waals surface area contributed by atoms with E-state index in [1.165, 1.54) is 0 Å². The first-order valence-electron chi connectivity index (χ1n) is 6.96. The SMILES string of the molecule is CCC(CC)(Cc1nc(CC(C)C)nn1C)C(=O)O. The van der Waals surface area contributed by atoms with Crippen molar-refractivity contribution >= 4 is 5.97 Å². The van der Waals surface area contributed by atoms with E-state index >= 15 is 0 Å². The van der Waals surface area contributed by atoms with E-state index < -0.39 is 11.4 Å². The summed E-state index contributed by atoms with van der Waals surface area (Å²) in [6, 6.07) is 0. The van der Waals surface area contributed by atoms with Gasteiger partial charge in [-0.05, 0) is 18.8 Å². The Bertz CT molecular complexity index is 434. The lowest BCUT2D eigenvalue weighted by Gasteiger charge is -2.25. The van der Waals surface area contributed by atoms with Crippen LogP contribution < -0.4 is 0 Å². The van der Waals surface area contributed by atoms with Crippen LogP contribution in [0.3, 0.4) is 0 Å². The molecule has 5 nitrogen and oxygen atoms in total. The van der Waals surface area contributed by atoms with Crippen LogP contribution in [0.15, 0.2) is 0 Å². The van der Waals surface area contributed by atoms with Gasteiger partial charge in [0.15, 0.2) is 5.82 Å². The maximum atomic E-state index is 11.5. The molecule has 108 valence electrons. The van der Waals surface area contributed by atoms with Gasteiger partial charge in [-0.1, -0.05) is 27.7 Å². The molecular formula is C14H25N3O2. The highest BCUT2D eigenvalue weighted by Crippen LogP contribution is 2.30. The summed E-state index contributed by atoms with van der Waals surface area (Å²) in [5, 5.41) is 13.8. The maximum Gasteiger partial charge on any atom is 0.310 e. The van der Waals surface area contributed by atoms with Crippen molar-refractivity contribution in [2.45, 2.75) is 53.4 Å². The number of carboxylic acid groups (broad SMARTS) is 1. The van der Waals surface area contributed by atoms with Gasteiger partial charge < -0.3 is 5.11 Å². The molecule has 1 N–H and O–H groups in total.